The fourth-order valence-electron chi connectivity index (χ4n) is 2.44. The van der Waals surface area contributed by atoms with Gasteiger partial charge >= 0.3 is 5.97 Å². The molecule has 0 aliphatic rings. The summed E-state index contributed by atoms with van der Waals surface area (Å²) < 4.78 is 19.8. The van der Waals surface area contributed by atoms with Gasteiger partial charge in [0.1, 0.15) is 18.0 Å². The van der Waals surface area contributed by atoms with Crippen LogP contribution in [0.5, 0.6) is 0 Å². The average Bonchev–Trinajstić information content (AvgIpc) is 3.07. The molecule has 0 spiro atoms. The van der Waals surface area contributed by atoms with Crippen LogP contribution < -0.4 is 5.32 Å². The van der Waals surface area contributed by atoms with E-state index in [1.165, 1.54) is 35.4 Å². The van der Waals surface area contributed by atoms with E-state index in [2.05, 4.69) is 15.4 Å². The molecule has 3 aromatic rings. The van der Waals surface area contributed by atoms with Crippen LogP contribution >= 0.6 is 0 Å². The molecule has 0 unspecified atom stereocenters. The third kappa shape index (κ3) is 4.35. The van der Waals surface area contributed by atoms with E-state index >= 15 is 0 Å². The molecule has 0 aliphatic carbocycles. The van der Waals surface area contributed by atoms with Crippen LogP contribution in [0, 0.1) is 12.7 Å². The molecule has 0 fully saturated rings. The summed E-state index contributed by atoms with van der Waals surface area (Å²) in [7, 11) is 0. The van der Waals surface area contributed by atoms with E-state index in [0.717, 1.165) is 0 Å². The highest BCUT2D eigenvalue weighted by Crippen LogP contribution is 2.15. The Kier molecular flexibility index (Phi) is 5.55. The molecule has 3 rings (SSSR count). The molecule has 0 saturated heterocycles. The number of rotatable bonds is 6. The van der Waals surface area contributed by atoms with E-state index in [1.54, 1.807) is 31.2 Å². The maximum Gasteiger partial charge on any atom is 0.341 e. The van der Waals surface area contributed by atoms with Crippen molar-refractivity contribution in [1.29, 1.82) is 0 Å². The molecule has 0 atom stereocenters. The summed E-state index contributed by atoms with van der Waals surface area (Å²) in [5.41, 5.74) is 2.00. The van der Waals surface area contributed by atoms with Crippen molar-refractivity contribution in [2.75, 3.05) is 13.2 Å². The topological polar surface area (TPSA) is 86.1 Å². The Balaban J connectivity index is 1.54. The van der Waals surface area contributed by atoms with Gasteiger partial charge in [-0.3, -0.25) is 9.78 Å². The lowest BCUT2D eigenvalue weighted by Crippen LogP contribution is -2.28. The second-order valence-electron chi connectivity index (χ2n) is 5.66. The third-order valence-electron chi connectivity index (χ3n) is 3.86. The number of amides is 1. The number of hydrogen-bond acceptors (Lipinski definition) is 5. The number of hydrogen-bond donors (Lipinski definition) is 1. The van der Waals surface area contributed by atoms with E-state index in [0.29, 0.717) is 22.5 Å². The summed E-state index contributed by atoms with van der Waals surface area (Å²) in [6, 6.07) is 8.96. The molecule has 0 bridgehead atoms. The SMILES string of the molecule is Cc1c(C(=O)OCCNC(=O)c2ccncc2)cnn1-c1ccc(F)cc1. The molecule has 27 heavy (non-hydrogen) atoms. The van der Waals surface area contributed by atoms with Crippen molar-refractivity contribution >= 4 is 11.9 Å². The minimum Gasteiger partial charge on any atom is -0.460 e. The summed E-state index contributed by atoms with van der Waals surface area (Å²) in [6.45, 7) is 1.92. The number of esters is 1. The number of pyridine rings is 1. The highest BCUT2D eigenvalue weighted by molar-refractivity contribution is 5.94. The fourth-order valence-corrected chi connectivity index (χ4v) is 2.44. The quantitative estimate of drug-likeness (QED) is 0.533. The molecule has 8 heteroatoms. The summed E-state index contributed by atoms with van der Waals surface area (Å²) in [5, 5.41) is 6.81. The van der Waals surface area contributed by atoms with Crippen molar-refractivity contribution in [1.82, 2.24) is 20.1 Å². The molecule has 1 aromatic carbocycles. The third-order valence-corrected chi connectivity index (χ3v) is 3.86. The Morgan fingerprint density at radius 3 is 2.56 bits per heavy atom. The zero-order valence-electron chi connectivity index (χ0n) is 14.6. The number of halogens is 1. The van der Waals surface area contributed by atoms with E-state index in [1.807, 2.05) is 0 Å². The average molecular weight is 368 g/mol. The summed E-state index contributed by atoms with van der Waals surface area (Å²) in [5.74, 6) is -1.16. The number of nitrogens with one attached hydrogen (secondary N) is 1. The van der Waals surface area contributed by atoms with Crippen molar-refractivity contribution in [2.45, 2.75) is 6.92 Å². The molecule has 1 N–H and O–H groups in total. The van der Waals surface area contributed by atoms with Crippen LogP contribution in [0.1, 0.15) is 26.4 Å². The first-order chi connectivity index (χ1) is 13.1. The van der Waals surface area contributed by atoms with Crippen LogP contribution in [0.25, 0.3) is 5.69 Å². The van der Waals surface area contributed by atoms with Gasteiger partial charge in [-0.25, -0.2) is 13.9 Å². The van der Waals surface area contributed by atoms with Crippen LogP contribution in [-0.4, -0.2) is 39.8 Å². The maximum absolute atomic E-state index is 13.0. The zero-order valence-corrected chi connectivity index (χ0v) is 14.6. The molecule has 2 heterocycles. The molecule has 0 saturated carbocycles. The first kappa shape index (κ1) is 18.2. The van der Waals surface area contributed by atoms with E-state index < -0.39 is 5.97 Å². The fraction of sp³-hybridized carbons (Fsp3) is 0.158. The van der Waals surface area contributed by atoms with Gasteiger partial charge in [0.15, 0.2) is 0 Å². The monoisotopic (exact) mass is 368 g/mol. The number of aromatic nitrogens is 3. The van der Waals surface area contributed by atoms with Crippen LogP contribution in [0.15, 0.2) is 55.0 Å². The lowest BCUT2D eigenvalue weighted by atomic mass is 10.2. The van der Waals surface area contributed by atoms with Gasteiger partial charge < -0.3 is 10.1 Å². The van der Waals surface area contributed by atoms with Crippen LogP contribution in [-0.2, 0) is 4.74 Å². The molecular weight excluding hydrogens is 351 g/mol. The molecule has 0 radical (unpaired) electrons. The van der Waals surface area contributed by atoms with Crippen molar-refractivity contribution in [3.8, 4) is 5.69 Å². The van der Waals surface area contributed by atoms with E-state index in [4.69, 9.17) is 4.74 Å². The molecule has 138 valence electrons. The summed E-state index contributed by atoms with van der Waals surface area (Å²) in [4.78, 5) is 27.9. The van der Waals surface area contributed by atoms with Gasteiger partial charge in [0.25, 0.3) is 5.91 Å². The zero-order chi connectivity index (χ0) is 19.2. The van der Waals surface area contributed by atoms with Gasteiger partial charge in [0.2, 0.25) is 0 Å². The number of ether oxygens (including phenoxy) is 1. The van der Waals surface area contributed by atoms with Crippen LogP contribution in [0.2, 0.25) is 0 Å². The van der Waals surface area contributed by atoms with Gasteiger partial charge in [-0.15, -0.1) is 0 Å². The number of benzene rings is 1. The van der Waals surface area contributed by atoms with Gasteiger partial charge in [0.05, 0.1) is 24.1 Å². The predicted molar refractivity (Wildman–Crippen MR) is 95.1 cm³/mol. The van der Waals surface area contributed by atoms with Gasteiger partial charge in [-0.05, 0) is 43.3 Å². The Hall–Kier alpha value is -3.55. The Morgan fingerprint density at radius 2 is 1.85 bits per heavy atom. The van der Waals surface area contributed by atoms with Crippen molar-refractivity contribution in [3.05, 3.63) is 77.6 Å². The second-order valence-corrected chi connectivity index (χ2v) is 5.66. The van der Waals surface area contributed by atoms with Crippen molar-refractivity contribution < 1.29 is 18.7 Å². The highest BCUT2D eigenvalue weighted by atomic mass is 19.1. The van der Waals surface area contributed by atoms with Gasteiger partial charge in [-0.1, -0.05) is 0 Å². The Bertz CT molecular complexity index is 939. The molecule has 1 amide bonds. The lowest BCUT2D eigenvalue weighted by molar-refractivity contribution is 0.0502. The first-order valence-electron chi connectivity index (χ1n) is 8.22. The Morgan fingerprint density at radius 1 is 1.15 bits per heavy atom. The van der Waals surface area contributed by atoms with Crippen LogP contribution in [0.4, 0.5) is 4.39 Å². The number of carbonyl (C=O) groups is 2. The molecular formula is C19H17FN4O3. The van der Waals surface area contributed by atoms with E-state index in [9.17, 15) is 14.0 Å². The summed E-state index contributed by atoms with van der Waals surface area (Å²) in [6.07, 6.45) is 4.45. The standard InChI is InChI=1S/C19H17FN4O3/c1-13-17(12-23-24(13)16-4-2-15(20)3-5-16)19(26)27-11-10-22-18(25)14-6-8-21-9-7-14/h2-9,12H,10-11H2,1H3,(H,22,25). The molecule has 0 aliphatic heterocycles. The summed E-state index contributed by atoms with van der Waals surface area (Å²) >= 11 is 0. The maximum atomic E-state index is 13.0. The smallest absolute Gasteiger partial charge is 0.341 e. The molecule has 7 nitrogen and oxygen atoms in total. The number of nitrogens with zero attached hydrogens (tertiary/aromatic N) is 3. The van der Waals surface area contributed by atoms with Gasteiger partial charge in [-0.2, -0.15) is 5.10 Å². The van der Waals surface area contributed by atoms with Gasteiger partial charge in [0, 0.05) is 18.0 Å². The first-order valence-corrected chi connectivity index (χ1v) is 8.22. The lowest BCUT2D eigenvalue weighted by Gasteiger charge is -2.07. The predicted octanol–water partition coefficient (Wildman–Crippen LogP) is 2.30. The second kappa shape index (κ2) is 8.22. The van der Waals surface area contributed by atoms with Crippen molar-refractivity contribution in [2.24, 2.45) is 0 Å². The Labute approximate surface area is 154 Å². The van der Waals surface area contributed by atoms with Crippen molar-refractivity contribution in [3.63, 3.8) is 0 Å². The minimum atomic E-state index is -0.543. The minimum absolute atomic E-state index is 0.0246. The number of carbonyl (C=O) groups excluding carboxylic acids is 2. The van der Waals surface area contributed by atoms with E-state index in [-0.39, 0.29) is 24.9 Å². The molecule has 2 aromatic heterocycles. The normalized spacial score (nSPS) is 10.4. The largest absolute Gasteiger partial charge is 0.460 e. The highest BCUT2D eigenvalue weighted by Gasteiger charge is 2.16. The van der Waals surface area contributed by atoms with Crippen LogP contribution in [0.3, 0.4) is 0 Å².